The average molecular weight is 300 g/mol. The van der Waals surface area contributed by atoms with Gasteiger partial charge in [-0.1, -0.05) is 6.07 Å². The van der Waals surface area contributed by atoms with Crippen molar-refractivity contribution in [2.75, 3.05) is 38.3 Å². The minimum absolute atomic E-state index is 0.0796. The van der Waals surface area contributed by atoms with E-state index in [1.54, 1.807) is 7.05 Å². The highest BCUT2D eigenvalue weighted by Gasteiger charge is 2.53. The second kappa shape index (κ2) is 5.58. The summed E-state index contributed by atoms with van der Waals surface area (Å²) in [5.74, 6) is 1.01. The Balaban J connectivity index is 1.92. The molecule has 1 aromatic rings. The van der Waals surface area contributed by atoms with E-state index in [1.165, 1.54) is 0 Å². The number of hydrogen-bond acceptors (Lipinski definition) is 5. The van der Waals surface area contributed by atoms with Crippen LogP contribution in [0.15, 0.2) is 12.1 Å². The number of hydrogen-bond donors (Lipinski definition) is 1. The number of carbonyl (C=O) groups excluding carboxylic acids is 1. The Hall–Kier alpha value is -2.13. The molecule has 6 nitrogen and oxygen atoms in total. The lowest BCUT2D eigenvalue weighted by molar-refractivity contribution is -0.138. The number of nitrogens with one attached hydrogen (secondary N) is 1. The largest absolute Gasteiger partial charge is 0.381 e. The van der Waals surface area contributed by atoms with Crippen molar-refractivity contribution in [2.45, 2.75) is 13.3 Å². The summed E-state index contributed by atoms with van der Waals surface area (Å²) in [4.78, 5) is 19.0. The number of rotatable bonds is 2. The monoisotopic (exact) mass is 300 g/mol. The van der Waals surface area contributed by atoms with Crippen LogP contribution in [-0.2, 0) is 9.53 Å². The number of aryl methyl sites for hydroxylation is 1. The van der Waals surface area contributed by atoms with Crippen LogP contribution in [0.1, 0.15) is 17.7 Å². The molecule has 116 valence electrons. The van der Waals surface area contributed by atoms with Gasteiger partial charge >= 0.3 is 0 Å². The smallest absolute Gasteiger partial charge is 0.228 e. The van der Waals surface area contributed by atoms with Gasteiger partial charge in [0.15, 0.2) is 0 Å². The molecule has 2 aliphatic heterocycles. The van der Waals surface area contributed by atoms with Gasteiger partial charge in [-0.2, -0.15) is 5.26 Å². The molecule has 2 fully saturated rings. The molecule has 0 unspecified atom stereocenters. The topological polar surface area (TPSA) is 78.2 Å². The van der Waals surface area contributed by atoms with Gasteiger partial charge in [0.25, 0.3) is 0 Å². The quantitative estimate of drug-likeness (QED) is 0.876. The molecule has 1 aromatic heterocycles. The maximum Gasteiger partial charge on any atom is 0.228 e. The molecule has 1 amide bonds. The SMILES string of the molecule is CNC(=O)[C@]12CCOC[C@H]1CN(c1ccc(C)c(C#N)n1)C2. The molecule has 0 saturated carbocycles. The number of amides is 1. The summed E-state index contributed by atoms with van der Waals surface area (Å²) in [6, 6.07) is 5.95. The predicted molar refractivity (Wildman–Crippen MR) is 81.3 cm³/mol. The molecule has 3 rings (SSSR count). The van der Waals surface area contributed by atoms with Crippen molar-refractivity contribution < 1.29 is 9.53 Å². The predicted octanol–water partition coefficient (Wildman–Crippen LogP) is 0.851. The first kappa shape index (κ1) is 14.8. The molecule has 0 aromatic carbocycles. The fourth-order valence-corrected chi connectivity index (χ4v) is 3.55. The number of carbonyl (C=O) groups is 1. The van der Waals surface area contributed by atoms with E-state index in [1.807, 2.05) is 19.1 Å². The van der Waals surface area contributed by atoms with Gasteiger partial charge in [-0.3, -0.25) is 4.79 Å². The van der Waals surface area contributed by atoms with E-state index in [-0.39, 0.29) is 11.8 Å². The van der Waals surface area contributed by atoms with E-state index in [0.717, 1.165) is 24.3 Å². The highest BCUT2D eigenvalue weighted by molar-refractivity contribution is 5.84. The number of fused-ring (bicyclic) bond motifs is 1. The first-order valence-electron chi connectivity index (χ1n) is 7.53. The Morgan fingerprint density at radius 3 is 3.14 bits per heavy atom. The summed E-state index contributed by atoms with van der Waals surface area (Å²) in [5, 5.41) is 12.0. The third-order valence-electron chi connectivity index (χ3n) is 4.90. The minimum atomic E-state index is -0.410. The molecular weight excluding hydrogens is 280 g/mol. The summed E-state index contributed by atoms with van der Waals surface area (Å²) in [6.45, 7) is 4.44. The molecule has 0 radical (unpaired) electrons. The van der Waals surface area contributed by atoms with Crippen LogP contribution < -0.4 is 10.2 Å². The Kier molecular flexibility index (Phi) is 3.75. The standard InChI is InChI=1S/C16H20N4O2/c1-11-3-4-14(19-13(11)7-17)20-8-12-9-22-6-5-16(12,10-20)15(21)18-2/h3-4,12H,5-6,8-10H2,1-2H3,(H,18,21)/t12-,16+/m1/s1. The van der Waals surface area contributed by atoms with Gasteiger partial charge in [0, 0.05) is 32.7 Å². The van der Waals surface area contributed by atoms with Gasteiger partial charge in [-0.05, 0) is 25.0 Å². The van der Waals surface area contributed by atoms with E-state index in [2.05, 4.69) is 21.3 Å². The van der Waals surface area contributed by atoms with Crippen LogP contribution in [0.4, 0.5) is 5.82 Å². The van der Waals surface area contributed by atoms with Crippen molar-refractivity contribution in [3.8, 4) is 6.07 Å². The van der Waals surface area contributed by atoms with Crippen LogP contribution in [0.5, 0.6) is 0 Å². The molecule has 2 atom stereocenters. The second-order valence-corrected chi connectivity index (χ2v) is 6.08. The van der Waals surface area contributed by atoms with E-state index in [4.69, 9.17) is 10.00 Å². The lowest BCUT2D eigenvalue weighted by atomic mass is 9.73. The van der Waals surface area contributed by atoms with Crippen LogP contribution >= 0.6 is 0 Å². The van der Waals surface area contributed by atoms with E-state index in [0.29, 0.717) is 25.5 Å². The van der Waals surface area contributed by atoms with E-state index in [9.17, 15) is 4.79 Å². The lowest BCUT2D eigenvalue weighted by Crippen LogP contribution is -2.49. The summed E-state index contributed by atoms with van der Waals surface area (Å²) >= 11 is 0. The number of ether oxygens (including phenoxy) is 1. The Morgan fingerprint density at radius 1 is 1.59 bits per heavy atom. The molecule has 22 heavy (non-hydrogen) atoms. The Bertz CT molecular complexity index is 640. The molecule has 0 aliphatic carbocycles. The summed E-state index contributed by atoms with van der Waals surface area (Å²) in [6.07, 6.45) is 0.727. The summed E-state index contributed by atoms with van der Waals surface area (Å²) in [5.41, 5.74) is 0.900. The zero-order chi connectivity index (χ0) is 15.7. The first-order valence-corrected chi connectivity index (χ1v) is 7.53. The fourth-order valence-electron chi connectivity index (χ4n) is 3.55. The summed E-state index contributed by atoms with van der Waals surface area (Å²) in [7, 11) is 1.68. The molecule has 2 saturated heterocycles. The molecule has 0 spiro atoms. The van der Waals surface area contributed by atoms with Crippen molar-refractivity contribution in [3.05, 3.63) is 23.4 Å². The lowest BCUT2D eigenvalue weighted by Gasteiger charge is -2.36. The minimum Gasteiger partial charge on any atom is -0.381 e. The third kappa shape index (κ3) is 2.22. The van der Waals surface area contributed by atoms with Gasteiger partial charge < -0.3 is 15.0 Å². The van der Waals surface area contributed by atoms with Gasteiger partial charge in [-0.25, -0.2) is 4.98 Å². The first-order chi connectivity index (χ1) is 10.6. The number of nitriles is 1. The Labute approximate surface area is 130 Å². The van der Waals surface area contributed by atoms with E-state index >= 15 is 0 Å². The van der Waals surface area contributed by atoms with E-state index < -0.39 is 5.41 Å². The second-order valence-electron chi connectivity index (χ2n) is 6.08. The van der Waals surface area contributed by atoms with Crippen molar-refractivity contribution in [1.29, 1.82) is 5.26 Å². The highest BCUT2D eigenvalue weighted by Crippen LogP contribution is 2.43. The zero-order valence-corrected chi connectivity index (χ0v) is 12.9. The molecule has 0 bridgehead atoms. The zero-order valence-electron chi connectivity index (χ0n) is 12.9. The van der Waals surface area contributed by atoms with Crippen molar-refractivity contribution >= 4 is 11.7 Å². The number of anilines is 1. The van der Waals surface area contributed by atoms with Gasteiger partial charge in [0.05, 0.1) is 12.0 Å². The fraction of sp³-hybridized carbons (Fsp3) is 0.562. The van der Waals surface area contributed by atoms with Gasteiger partial charge in [-0.15, -0.1) is 0 Å². The maximum atomic E-state index is 12.5. The van der Waals surface area contributed by atoms with Crippen molar-refractivity contribution in [3.63, 3.8) is 0 Å². The number of nitrogens with zero attached hydrogens (tertiary/aromatic N) is 3. The number of aromatic nitrogens is 1. The van der Waals surface area contributed by atoms with Crippen LogP contribution in [0, 0.1) is 29.6 Å². The van der Waals surface area contributed by atoms with Crippen LogP contribution in [-0.4, -0.2) is 44.2 Å². The van der Waals surface area contributed by atoms with Gasteiger partial charge in [0.1, 0.15) is 17.6 Å². The molecule has 2 aliphatic rings. The van der Waals surface area contributed by atoms with Crippen LogP contribution in [0.25, 0.3) is 0 Å². The van der Waals surface area contributed by atoms with Crippen LogP contribution in [0.3, 0.4) is 0 Å². The third-order valence-corrected chi connectivity index (χ3v) is 4.90. The average Bonchev–Trinajstić information content (AvgIpc) is 2.95. The number of pyridine rings is 1. The Morgan fingerprint density at radius 2 is 2.41 bits per heavy atom. The van der Waals surface area contributed by atoms with Crippen molar-refractivity contribution in [2.24, 2.45) is 11.3 Å². The summed E-state index contributed by atoms with van der Waals surface area (Å²) < 4.78 is 5.57. The molecule has 1 N–H and O–H groups in total. The molecule has 6 heteroatoms. The highest BCUT2D eigenvalue weighted by atomic mass is 16.5. The van der Waals surface area contributed by atoms with Gasteiger partial charge in [0.2, 0.25) is 5.91 Å². The van der Waals surface area contributed by atoms with Crippen LogP contribution in [0.2, 0.25) is 0 Å². The maximum absolute atomic E-state index is 12.5. The van der Waals surface area contributed by atoms with Crippen molar-refractivity contribution in [1.82, 2.24) is 10.3 Å². The molecular formula is C16H20N4O2. The normalized spacial score (nSPS) is 27.1. The molecule has 3 heterocycles.